The third kappa shape index (κ3) is 4.93. The van der Waals surface area contributed by atoms with E-state index in [0.717, 1.165) is 33.6 Å². The highest BCUT2D eigenvalue weighted by molar-refractivity contribution is 6.08. The summed E-state index contributed by atoms with van der Waals surface area (Å²) in [5.41, 5.74) is 20.5. The summed E-state index contributed by atoms with van der Waals surface area (Å²) in [6, 6.07) is 51.1. The molecule has 0 radical (unpaired) electrons. The number of nitrogens with zero attached hydrogens (tertiary/aromatic N) is 1. The predicted octanol–water partition coefficient (Wildman–Crippen LogP) is 13.9. The smallest absolute Gasteiger partial charge is 0.137 e. The van der Waals surface area contributed by atoms with E-state index in [-0.39, 0.29) is 5.41 Å². The Balaban J connectivity index is 1.18. The van der Waals surface area contributed by atoms with Crippen LogP contribution < -0.4 is 4.90 Å². The minimum atomic E-state index is -0.0631. The predicted molar refractivity (Wildman–Crippen MR) is 216 cm³/mol. The van der Waals surface area contributed by atoms with E-state index in [1.54, 1.807) is 0 Å². The van der Waals surface area contributed by atoms with Crippen LogP contribution in [0.5, 0.6) is 0 Å². The summed E-state index contributed by atoms with van der Waals surface area (Å²) in [6.45, 7) is 13.4. The highest BCUT2D eigenvalue weighted by atomic mass is 16.3. The Morgan fingerprint density at radius 1 is 0.431 bits per heavy atom. The second kappa shape index (κ2) is 11.6. The Hall–Kier alpha value is -5.86. The van der Waals surface area contributed by atoms with E-state index in [1.807, 2.05) is 0 Å². The molecule has 0 fully saturated rings. The van der Waals surface area contributed by atoms with Crippen LogP contribution >= 0.6 is 0 Å². The summed E-state index contributed by atoms with van der Waals surface area (Å²) in [4.78, 5) is 2.34. The van der Waals surface area contributed by atoms with Crippen LogP contribution in [0.15, 0.2) is 144 Å². The molecule has 9 rings (SSSR count). The summed E-state index contributed by atoms with van der Waals surface area (Å²) >= 11 is 0. The molecule has 0 unspecified atom stereocenters. The lowest BCUT2D eigenvalue weighted by Gasteiger charge is -2.26. The summed E-state index contributed by atoms with van der Waals surface area (Å²) < 4.78 is 6.70. The molecule has 0 N–H and O–H groups in total. The quantitative estimate of drug-likeness (QED) is 0.183. The highest BCUT2D eigenvalue weighted by Gasteiger charge is 2.36. The molecule has 1 aromatic heterocycles. The standard InChI is InChI=1S/C49H41NO/c1-30-11-9-12-31(2)47(30)34-17-21-36(22-18-34)50(37-23-19-35(20-24-37)48-32(3)13-10-14-33(48)4)38-25-26-40-42-28-44-41(29-46(42)51-45(40)27-38)39-15-7-8-16-43(39)49(44,5)6/h7-29H,1-6H3. The fourth-order valence-corrected chi connectivity index (χ4v) is 8.64. The number of anilines is 3. The van der Waals surface area contributed by atoms with E-state index in [1.165, 1.54) is 72.1 Å². The number of benzene rings is 7. The number of aryl methyl sites for hydroxylation is 4. The Morgan fingerprint density at radius 2 is 0.941 bits per heavy atom. The zero-order valence-electron chi connectivity index (χ0n) is 30.1. The number of hydrogen-bond acceptors (Lipinski definition) is 2. The van der Waals surface area contributed by atoms with Gasteiger partial charge in [0.2, 0.25) is 0 Å². The van der Waals surface area contributed by atoms with Gasteiger partial charge in [-0.1, -0.05) is 98.8 Å². The molecular weight excluding hydrogens is 619 g/mol. The van der Waals surface area contributed by atoms with Crippen molar-refractivity contribution in [2.24, 2.45) is 0 Å². The number of rotatable bonds is 5. The molecule has 0 spiro atoms. The van der Waals surface area contributed by atoms with Crippen LogP contribution in [-0.4, -0.2) is 0 Å². The zero-order valence-corrected chi connectivity index (χ0v) is 30.1. The topological polar surface area (TPSA) is 16.4 Å². The van der Waals surface area contributed by atoms with Gasteiger partial charge in [-0.3, -0.25) is 0 Å². The maximum absolute atomic E-state index is 6.70. The first-order valence-electron chi connectivity index (χ1n) is 17.9. The van der Waals surface area contributed by atoms with Gasteiger partial charge in [0.1, 0.15) is 11.2 Å². The Bertz CT molecular complexity index is 2500. The van der Waals surface area contributed by atoms with Crippen LogP contribution in [0.1, 0.15) is 47.2 Å². The van der Waals surface area contributed by atoms with Crippen molar-refractivity contribution in [2.45, 2.75) is 47.0 Å². The summed E-state index contributed by atoms with van der Waals surface area (Å²) in [6.07, 6.45) is 0. The molecule has 1 aliphatic carbocycles. The number of fused-ring (bicyclic) bond motifs is 6. The Morgan fingerprint density at radius 3 is 1.51 bits per heavy atom. The Labute approximate surface area is 300 Å². The molecule has 0 bridgehead atoms. The van der Waals surface area contributed by atoms with Crippen LogP contribution in [0.4, 0.5) is 17.1 Å². The van der Waals surface area contributed by atoms with Crippen LogP contribution in [0.2, 0.25) is 0 Å². The second-order valence-corrected chi connectivity index (χ2v) is 14.8. The van der Waals surface area contributed by atoms with Gasteiger partial charge in [0.05, 0.1) is 0 Å². The SMILES string of the molecule is Cc1cccc(C)c1-c1ccc(N(c2ccc(-c3c(C)cccc3C)cc2)c2ccc3c(c2)oc2cc4c(cc23)C(C)(C)c2ccccc2-4)cc1. The van der Waals surface area contributed by atoms with Crippen molar-refractivity contribution < 1.29 is 4.42 Å². The van der Waals surface area contributed by atoms with Crippen LogP contribution in [0, 0.1) is 27.7 Å². The molecule has 248 valence electrons. The van der Waals surface area contributed by atoms with Gasteiger partial charge in [0.15, 0.2) is 0 Å². The van der Waals surface area contributed by atoms with Crippen LogP contribution in [0.25, 0.3) is 55.3 Å². The molecule has 8 aromatic rings. The third-order valence-corrected chi connectivity index (χ3v) is 11.2. The molecule has 51 heavy (non-hydrogen) atoms. The molecule has 0 amide bonds. The molecule has 1 aliphatic rings. The van der Waals surface area contributed by atoms with E-state index in [2.05, 4.69) is 186 Å². The molecule has 0 atom stereocenters. The normalized spacial score (nSPS) is 13.1. The van der Waals surface area contributed by atoms with Crippen molar-refractivity contribution in [2.75, 3.05) is 4.90 Å². The average Bonchev–Trinajstić information content (AvgIpc) is 3.59. The third-order valence-electron chi connectivity index (χ3n) is 11.2. The van der Waals surface area contributed by atoms with Crippen molar-refractivity contribution in [3.8, 4) is 33.4 Å². The van der Waals surface area contributed by atoms with E-state index >= 15 is 0 Å². The average molecular weight is 660 g/mol. The number of hydrogen-bond donors (Lipinski definition) is 0. The van der Waals surface area contributed by atoms with Gasteiger partial charge in [-0.2, -0.15) is 0 Å². The maximum Gasteiger partial charge on any atom is 0.137 e. The van der Waals surface area contributed by atoms with Gasteiger partial charge in [0.25, 0.3) is 0 Å². The largest absolute Gasteiger partial charge is 0.456 e. The summed E-state index contributed by atoms with van der Waals surface area (Å²) in [5.74, 6) is 0. The minimum absolute atomic E-state index is 0.0631. The zero-order chi connectivity index (χ0) is 35.0. The van der Waals surface area contributed by atoms with Gasteiger partial charge in [0, 0.05) is 39.3 Å². The Kier molecular flexibility index (Phi) is 7.09. The first-order valence-corrected chi connectivity index (χ1v) is 17.9. The van der Waals surface area contributed by atoms with Gasteiger partial charge >= 0.3 is 0 Å². The lowest BCUT2D eigenvalue weighted by atomic mass is 9.82. The first-order chi connectivity index (χ1) is 24.7. The van der Waals surface area contributed by atoms with Gasteiger partial charge in [-0.25, -0.2) is 0 Å². The van der Waals surface area contributed by atoms with E-state index in [4.69, 9.17) is 4.42 Å². The molecule has 2 heteroatoms. The fraction of sp³-hybridized carbons (Fsp3) is 0.143. The van der Waals surface area contributed by atoms with Crippen molar-refractivity contribution in [3.05, 3.63) is 173 Å². The number of furan rings is 1. The molecule has 2 nitrogen and oxygen atoms in total. The molecule has 1 heterocycles. The van der Waals surface area contributed by atoms with E-state index in [9.17, 15) is 0 Å². The summed E-state index contributed by atoms with van der Waals surface area (Å²) in [7, 11) is 0. The molecule has 0 saturated carbocycles. The van der Waals surface area contributed by atoms with Gasteiger partial charge < -0.3 is 9.32 Å². The maximum atomic E-state index is 6.70. The van der Waals surface area contributed by atoms with Crippen molar-refractivity contribution in [1.82, 2.24) is 0 Å². The fourth-order valence-electron chi connectivity index (χ4n) is 8.64. The van der Waals surface area contributed by atoms with E-state index < -0.39 is 0 Å². The second-order valence-electron chi connectivity index (χ2n) is 14.8. The van der Waals surface area contributed by atoms with E-state index in [0.29, 0.717) is 0 Å². The van der Waals surface area contributed by atoms with Crippen molar-refractivity contribution >= 4 is 39.0 Å². The van der Waals surface area contributed by atoms with Crippen molar-refractivity contribution in [1.29, 1.82) is 0 Å². The highest BCUT2D eigenvalue weighted by Crippen LogP contribution is 2.51. The lowest BCUT2D eigenvalue weighted by molar-refractivity contribution is 0.658. The monoisotopic (exact) mass is 659 g/mol. The van der Waals surface area contributed by atoms with Gasteiger partial charge in [-0.15, -0.1) is 0 Å². The molecule has 0 saturated heterocycles. The van der Waals surface area contributed by atoms with Gasteiger partial charge in [-0.05, 0) is 143 Å². The minimum Gasteiger partial charge on any atom is -0.456 e. The molecule has 0 aliphatic heterocycles. The van der Waals surface area contributed by atoms with Crippen LogP contribution in [-0.2, 0) is 5.41 Å². The lowest BCUT2D eigenvalue weighted by Crippen LogP contribution is -2.14. The first kappa shape index (κ1) is 31.1. The van der Waals surface area contributed by atoms with Crippen LogP contribution in [0.3, 0.4) is 0 Å². The molecule has 7 aromatic carbocycles. The van der Waals surface area contributed by atoms with Crippen molar-refractivity contribution in [3.63, 3.8) is 0 Å². The summed E-state index contributed by atoms with van der Waals surface area (Å²) in [5, 5.41) is 2.30. The molecular formula is C49H41NO.